The summed E-state index contributed by atoms with van der Waals surface area (Å²) in [5.74, 6) is -0.392. The van der Waals surface area contributed by atoms with Gasteiger partial charge in [0.15, 0.2) is 0 Å². The molecule has 0 bridgehead atoms. The Morgan fingerprint density at radius 3 is 2.44 bits per heavy atom. The average Bonchev–Trinajstić information content (AvgIpc) is 3.30. The number of nitrogens with one attached hydrogen (secondary N) is 1. The number of benzene rings is 3. The maximum Gasteiger partial charge on any atom is 0.254 e. The highest BCUT2D eigenvalue weighted by Gasteiger charge is 2.35. The maximum atomic E-state index is 13.4. The van der Waals surface area contributed by atoms with Crippen molar-refractivity contribution in [1.82, 2.24) is 10.2 Å². The molecule has 3 aromatic rings. The third-order valence-corrected chi connectivity index (χ3v) is 6.43. The maximum absolute atomic E-state index is 13.4. The number of hydrogen-bond acceptors (Lipinski definition) is 5. The zero-order chi connectivity index (χ0) is 25.5. The quantitative estimate of drug-likeness (QED) is 0.470. The molecule has 0 aliphatic carbocycles. The highest BCUT2D eigenvalue weighted by molar-refractivity contribution is 6.01. The molecule has 36 heavy (non-hydrogen) atoms. The van der Waals surface area contributed by atoms with E-state index >= 15 is 0 Å². The lowest BCUT2D eigenvalue weighted by Gasteiger charge is -2.24. The van der Waals surface area contributed by atoms with Crippen LogP contribution in [0.2, 0.25) is 0 Å². The van der Waals surface area contributed by atoms with Crippen LogP contribution in [0.25, 0.3) is 11.1 Å². The van der Waals surface area contributed by atoms with Gasteiger partial charge in [-0.1, -0.05) is 71.9 Å². The van der Waals surface area contributed by atoms with Gasteiger partial charge < -0.3 is 20.2 Å². The number of likely N-dealkylation sites (tertiary alicyclic amines) is 1. The molecule has 1 saturated heterocycles. The van der Waals surface area contributed by atoms with Crippen LogP contribution < -0.4 is 5.32 Å². The Bertz CT molecular complexity index is 1220. The zero-order valence-electron chi connectivity index (χ0n) is 20.6. The Morgan fingerprint density at radius 2 is 1.75 bits per heavy atom. The van der Waals surface area contributed by atoms with Crippen molar-refractivity contribution in [2.24, 2.45) is 5.16 Å². The Hall–Kier alpha value is -3.97. The fraction of sp³-hybridized carbons (Fsp3) is 0.276. The molecule has 2 amide bonds. The standard InChI is InChI=1S/C29H31N3O4/c1-20-8-6-7-11-26(20)21-12-14-23(15-13-21)29(35)32-19-24(31-36-2)16-25(32)17-28(34)30-18-27(33)22-9-4-3-5-10-22/h3-15,25,27,33H,16-19H2,1-2H3,(H,30,34)/b31-24-/t25-,27+/m0/s1. The summed E-state index contributed by atoms with van der Waals surface area (Å²) in [5.41, 5.74) is 5.33. The number of oxime groups is 1. The molecule has 1 fully saturated rings. The van der Waals surface area contributed by atoms with E-state index in [0.717, 1.165) is 16.7 Å². The number of hydrogen-bond donors (Lipinski definition) is 2. The number of aliphatic hydroxyl groups excluding tert-OH is 1. The van der Waals surface area contributed by atoms with Gasteiger partial charge in [-0.25, -0.2) is 0 Å². The van der Waals surface area contributed by atoms with Crippen molar-refractivity contribution in [1.29, 1.82) is 0 Å². The minimum absolute atomic E-state index is 0.100. The van der Waals surface area contributed by atoms with Gasteiger partial charge in [0.2, 0.25) is 5.91 Å². The van der Waals surface area contributed by atoms with E-state index in [4.69, 9.17) is 4.84 Å². The molecule has 7 heteroatoms. The van der Waals surface area contributed by atoms with Crippen molar-refractivity contribution in [2.45, 2.75) is 31.9 Å². The van der Waals surface area contributed by atoms with Crippen molar-refractivity contribution in [3.63, 3.8) is 0 Å². The monoisotopic (exact) mass is 485 g/mol. The van der Waals surface area contributed by atoms with Crippen LogP contribution in [-0.2, 0) is 9.63 Å². The topological polar surface area (TPSA) is 91.2 Å². The summed E-state index contributed by atoms with van der Waals surface area (Å²) in [7, 11) is 1.47. The number of aryl methyl sites for hydroxylation is 1. The molecule has 186 valence electrons. The van der Waals surface area contributed by atoms with E-state index in [0.29, 0.717) is 24.2 Å². The van der Waals surface area contributed by atoms with Crippen molar-refractivity contribution in [3.8, 4) is 11.1 Å². The lowest BCUT2D eigenvalue weighted by molar-refractivity contribution is -0.122. The molecule has 0 radical (unpaired) electrons. The molecule has 0 unspecified atom stereocenters. The van der Waals surface area contributed by atoms with Gasteiger partial charge in [0.1, 0.15) is 7.11 Å². The van der Waals surface area contributed by atoms with Crippen LogP contribution in [0.1, 0.15) is 40.4 Å². The number of carbonyl (C=O) groups excluding carboxylic acids is 2. The first-order valence-electron chi connectivity index (χ1n) is 12.0. The number of rotatable bonds is 8. The lowest BCUT2D eigenvalue weighted by atomic mass is 9.99. The van der Waals surface area contributed by atoms with Crippen LogP contribution in [0.5, 0.6) is 0 Å². The van der Waals surface area contributed by atoms with E-state index in [9.17, 15) is 14.7 Å². The first-order chi connectivity index (χ1) is 17.5. The molecule has 1 aliphatic heterocycles. The molecule has 0 saturated carbocycles. The Morgan fingerprint density at radius 1 is 1.06 bits per heavy atom. The number of amides is 2. The van der Waals surface area contributed by atoms with Gasteiger partial charge in [0.25, 0.3) is 5.91 Å². The predicted molar refractivity (Wildman–Crippen MR) is 140 cm³/mol. The molecule has 1 aliphatic rings. The van der Waals surface area contributed by atoms with Crippen molar-refractivity contribution >= 4 is 17.5 Å². The van der Waals surface area contributed by atoms with Crippen molar-refractivity contribution < 1.29 is 19.5 Å². The molecule has 1 heterocycles. The first-order valence-corrected chi connectivity index (χ1v) is 12.0. The lowest BCUT2D eigenvalue weighted by Crippen LogP contribution is -2.40. The summed E-state index contributed by atoms with van der Waals surface area (Å²) >= 11 is 0. The van der Waals surface area contributed by atoms with Gasteiger partial charge in [-0.2, -0.15) is 0 Å². The summed E-state index contributed by atoms with van der Waals surface area (Å²) in [4.78, 5) is 32.7. The SMILES string of the molecule is CO/N=C1/C[C@@H](CC(=O)NC[C@@H](O)c2ccccc2)N(C(=O)c2ccc(-c3ccccc3C)cc2)C1. The fourth-order valence-corrected chi connectivity index (χ4v) is 4.53. The normalized spacial score (nSPS) is 17.1. The largest absolute Gasteiger partial charge is 0.399 e. The smallest absolute Gasteiger partial charge is 0.254 e. The van der Waals surface area contributed by atoms with Gasteiger partial charge in [-0.3, -0.25) is 9.59 Å². The van der Waals surface area contributed by atoms with Gasteiger partial charge in [-0.05, 0) is 41.3 Å². The molecule has 0 spiro atoms. The summed E-state index contributed by atoms with van der Waals surface area (Å²) in [6.07, 6.45) is -0.235. The van der Waals surface area contributed by atoms with Crippen molar-refractivity contribution in [2.75, 3.05) is 20.2 Å². The Labute approximate surface area is 211 Å². The molecule has 0 aromatic heterocycles. The summed E-state index contributed by atoms with van der Waals surface area (Å²) in [5, 5.41) is 17.2. The molecule has 7 nitrogen and oxygen atoms in total. The summed E-state index contributed by atoms with van der Waals surface area (Å²) in [6.45, 7) is 2.46. The van der Waals surface area contributed by atoms with Crippen LogP contribution in [-0.4, -0.2) is 53.8 Å². The van der Waals surface area contributed by atoms with Gasteiger partial charge in [-0.15, -0.1) is 0 Å². The predicted octanol–water partition coefficient (Wildman–Crippen LogP) is 4.12. The Kier molecular flexibility index (Phi) is 8.13. The third-order valence-electron chi connectivity index (χ3n) is 6.43. The fourth-order valence-electron chi connectivity index (χ4n) is 4.53. The Balaban J connectivity index is 1.43. The van der Waals surface area contributed by atoms with Gasteiger partial charge in [0.05, 0.1) is 18.4 Å². The second-order valence-corrected chi connectivity index (χ2v) is 8.96. The molecule has 2 N–H and O–H groups in total. The number of nitrogens with zero attached hydrogens (tertiary/aromatic N) is 2. The average molecular weight is 486 g/mol. The molecule has 4 rings (SSSR count). The first kappa shape index (κ1) is 25.1. The van der Waals surface area contributed by atoms with Gasteiger partial charge >= 0.3 is 0 Å². The van der Waals surface area contributed by atoms with E-state index in [-0.39, 0.29) is 30.8 Å². The van der Waals surface area contributed by atoms with E-state index in [2.05, 4.69) is 29.5 Å². The molecular weight excluding hydrogens is 454 g/mol. The van der Waals surface area contributed by atoms with Gasteiger partial charge in [0, 0.05) is 31.0 Å². The highest BCUT2D eigenvalue weighted by Crippen LogP contribution is 2.26. The van der Waals surface area contributed by atoms with E-state index < -0.39 is 6.10 Å². The van der Waals surface area contributed by atoms with Crippen LogP contribution in [0.15, 0.2) is 84.0 Å². The highest BCUT2D eigenvalue weighted by atomic mass is 16.6. The van der Waals surface area contributed by atoms with E-state index in [1.807, 2.05) is 66.7 Å². The zero-order valence-corrected chi connectivity index (χ0v) is 20.6. The van der Waals surface area contributed by atoms with Crippen LogP contribution in [0.3, 0.4) is 0 Å². The van der Waals surface area contributed by atoms with Crippen molar-refractivity contribution in [3.05, 3.63) is 95.6 Å². The minimum atomic E-state index is -0.797. The molecule has 2 atom stereocenters. The third kappa shape index (κ3) is 5.98. The molecular formula is C29H31N3O4. The van der Waals surface area contributed by atoms with Crippen LogP contribution in [0, 0.1) is 6.92 Å². The van der Waals surface area contributed by atoms with Crippen LogP contribution in [0.4, 0.5) is 0 Å². The molecule has 3 aromatic carbocycles. The number of carbonyl (C=O) groups is 2. The minimum Gasteiger partial charge on any atom is -0.399 e. The summed E-state index contributed by atoms with van der Waals surface area (Å²) < 4.78 is 0. The second kappa shape index (κ2) is 11.6. The van der Waals surface area contributed by atoms with E-state index in [1.165, 1.54) is 12.7 Å². The van der Waals surface area contributed by atoms with Crippen LogP contribution >= 0.6 is 0 Å². The van der Waals surface area contributed by atoms with E-state index in [1.54, 1.807) is 4.90 Å². The number of aliphatic hydroxyl groups is 1. The summed E-state index contributed by atoms with van der Waals surface area (Å²) in [6, 6.07) is 24.5. The second-order valence-electron chi connectivity index (χ2n) is 8.96.